The first kappa shape index (κ1) is 13.4. The minimum atomic E-state index is 0.0643. The van der Waals surface area contributed by atoms with Crippen LogP contribution in [0.3, 0.4) is 0 Å². The Kier molecular flexibility index (Phi) is 4.25. The summed E-state index contributed by atoms with van der Waals surface area (Å²) in [6.45, 7) is 1.98. The SMILES string of the molecule is Cc1ccc(Cl)c(NC(=O)C2CCC(N)CC2)c1. The van der Waals surface area contributed by atoms with Gasteiger partial charge in [0.2, 0.25) is 5.91 Å². The van der Waals surface area contributed by atoms with E-state index in [0.717, 1.165) is 31.2 Å². The average Bonchev–Trinajstić information content (AvgIpc) is 2.34. The van der Waals surface area contributed by atoms with Crippen molar-refractivity contribution in [2.75, 3.05) is 5.32 Å². The summed E-state index contributed by atoms with van der Waals surface area (Å²) in [5, 5.41) is 3.51. The number of carbonyl (C=O) groups excluding carboxylic acids is 1. The fourth-order valence-corrected chi connectivity index (χ4v) is 2.52. The fourth-order valence-electron chi connectivity index (χ4n) is 2.35. The molecule has 0 unspecified atom stereocenters. The zero-order valence-corrected chi connectivity index (χ0v) is 11.3. The van der Waals surface area contributed by atoms with Gasteiger partial charge in [-0.2, -0.15) is 0 Å². The maximum absolute atomic E-state index is 12.1. The van der Waals surface area contributed by atoms with Gasteiger partial charge in [-0.05, 0) is 50.3 Å². The Balaban J connectivity index is 2.00. The molecule has 0 radical (unpaired) electrons. The van der Waals surface area contributed by atoms with Crippen LogP contribution in [0.1, 0.15) is 31.2 Å². The number of rotatable bonds is 2. The molecule has 1 fully saturated rings. The Labute approximate surface area is 113 Å². The molecule has 1 aromatic rings. The van der Waals surface area contributed by atoms with Crippen molar-refractivity contribution < 1.29 is 4.79 Å². The molecule has 0 spiro atoms. The van der Waals surface area contributed by atoms with Crippen molar-refractivity contribution >= 4 is 23.2 Å². The van der Waals surface area contributed by atoms with E-state index in [2.05, 4.69) is 5.32 Å². The summed E-state index contributed by atoms with van der Waals surface area (Å²) in [5.41, 5.74) is 7.63. The Bertz CT molecular complexity index is 439. The molecule has 1 aliphatic rings. The van der Waals surface area contributed by atoms with Crippen LogP contribution in [0, 0.1) is 12.8 Å². The Morgan fingerprint density at radius 3 is 2.67 bits per heavy atom. The van der Waals surface area contributed by atoms with Crippen molar-refractivity contribution in [2.45, 2.75) is 38.6 Å². The van der Waals surface area contributed by atoms with Gasteiger partial charge >= 0.3 is 0 Å². The third-order valence-electron chi connectivity index (χ3n) is 3.52. The molecule has 0 atom stereocenters. The number of halogens is 1. The second kappa shape index (κ2) is 5.72. The van der Waals surface area contributed by atoms with E-state index in [-0.39, 0.29) is 17.9 Å². The summed E-state index contributed by atoms with van der Waals surface area (Å²) in [7, 11) is 0. The van der Waals surface area contributed by atoms with Crippen LogP contribution in [0.15, 0.2) is 18.2 Å². The van der Waals surface area contributed by atoms with Gasteiger partial charge in [-0.3, -0.25) is 4.79 Å². The summed E-state index contributed by atoms with van der Waals surface area (Å²) < 4.78 is 0. The molecule has 1 aliphatic carbocycles. The van der Waals surface area contributed by atoms with Gasteiger partial charge in [0.25, 0.3) is 0 Å². The lowest BCUT2D eigenvalue weighted by Gasteiger charge is -2.25. The van der Waals surface area contributed by atoms with Gasteiger partial charge in [0.15, 0.2) is 0 Å². The molecule has 0 heterocycles. The topological polar surface area (TPSA) is 55.1 Å². The van der Waals surface area contributed by atoms with E-state index in [1.165, 1.54) is 0 Å². The fraction of sp³-hybridized carbons (Fsp3) is 0.500. The predicted octanol–water partition coefficient (Wildman–Crippen LogP) is 3.10. The van der Waals surface area contributed by atoms with Gasteiger partial charge in [0.05, 0.1) is 10.7 Å². The maximum atomic E-state index is 12.1. The summed E-state index contributed by atoms with van der Waals surface area (Å²) in [6.07, 6.45) is 3.60. The Morgan fingerprint density at radius 2 is 2.00 bits per heavy atom. The molecule has 3 N–H and O–H groups in total. The number of nitrogens with two attached hydrogens (primary N) is 1. The highest BCUT2D eigenvalue weighted by Crippen LogP contribution is 2.27. The third-order valence-corrected chi connectivity index (χ3v) is 3.85. The van der Waals surface area contributed by atoms with Gasteiger partial charge in [0.1, 0.15) is 0 Å². The van der Waals surface area contributed by atoms with Crippen LogP contribution in [-0.4, -0.2) is 11.9 Å². The van der Waals surface area contributed by atoms with E-state index >= 15 is 0 Å². The Hall–Kier alpha value is -1.06. The number of amides is 1. The van der Waals surface area contributed by atoms with Gasteiger partial charge < -0.3 is 11.1 Å². The van der Waals surface area contributed by atoms with Crippen molar-refractivity contribution in [3.63, 3.8) is 0 Å². The number of hydrogen-bond donors (Lipinski definition) is 2. The van der Waals surface area contributed by atoms with Crippen molar-refractivity contribution in [2.24, 2.45) is 11.7 Å². The number of hydrogen-bond acceptors (Lipinski definition) is 2. The molecule has 0 bridgehead atoms. The summed E-state index contributed by atoms with van der Waals surface area (Å²) in [5.74, 6) is 0.135. The number of benzene rings is 1. The number of aryl methyl sites for hydroxylation is 1. The van der Waals surface area contributed by atoms with E-state index < -0.39 is 0 Å². The predicted molar refractivity (Wildman–Crippen MR) is 74.8 cm³/mol. The van der Waals surface area contributed by atoms with Crippen molar-refractivity contribution in [1.29, 1.82) is 0 Å². The van der Waals surface area contributed by atoms with E-state index in [4.69, 9.17) is 17.3 Å². The monoisotopic (exact) mass is 266 g/mol. The van der Waals surface area contributed by atoms with Crippen molar-refractivity contribution in [3.05, 3.63) is 28.8 Å². The van der Waals surface area contributed by atoms with Gasteiger partial charge in [-0.15, -0.1) is 0 Å². The lowest BCUT2D eigenvalue weighted by molar-refractivity contribution is -0.120. The van der Waals surface area contributed by atoms with Gasteiger partial charge in [0, 0.05) is 12.0 Å². The number of carbonyl (C=O) groups is 1. The van der Waals surface area contributed by atoms with Crippen molar-refractivity contribution in [3.8, 4) is 0 Å². The molecule has 1 aromatic carbocycles. The first-order chi connectivity index (χ1) is 8.56. The lowest BCUT2D eigenvalue weighted by Crippen LogP contribution is -2.32. The molecule has 1 amide bonds. The van der Waals surface area contributed by atoms with Crippen LogP contribution >= 0.6 is 11.6 Å². The van der Waals surface area contributed by atoms with Gasteiger partial charge in [-0.1, -0.05) is 17.7 Å². The molecule has 18 heavy (non-hydrogen) atoms. The highest BCUT2D eigenvalue weighted by molar-refractivity contribution is 6.33. The molecular weight excluding hydrogens is 248 g/mol. The van der Waals surface area contributed by atoms with Gasteiger partial charge in [-0.25, -0.2) is 0 Å². The highest BCUT2D eigenvalue weighted by atomic mass is 35.5. The molecule has 0 aromatic heterocycles. The molecule has 1 saturated carbocycles. The molecule has 0 aliphatic heterocycles. The van der Waals surface area contributed by atoms with Crippen LogP contribution in [0.5, 0.6) is 0 Å². The average molecular weight is 267 g/mol. The zero-order chi connectivity index (χ0) is 13.1. The zero-order valence-electron chi connectivity index (χ0n) is 10.6. The molecular formula is C14H19ClN2O. The molecule has 4 heteroatoms. The van der Waals surface area contributed by atoms with Crippen LogP contribution in [-0.2, 0) is 4.79 Å². The van der Waals surface area contributed by atoms with Crippen molar-refractivity contribution in [1.82, 2.24) is 0 Å². The standard InChI is InChI=1S/C14H19ClN2O/c1-9-2-7-12(15)13(8-9)17-14(18)10-3-5-11(16)6-4-10/h2,7-8,10-11H,3-6,16H2,1H3,(H,17,18). The molecule has 3 nitrogen and oxygen atoms in total. The summed E-state index contributed by atoms with van der Waals surface area (Å²) >= 11 is 6.07. The minimum absolute atomic E-state index is 0.0643. The smallest absolute Gasteiger partial charge is 0.227 e. The summed E-state index contributed by atoms with van der Waals surface area (Å²) in [4.78, 5) is 12.1. The largest absolute Gasteiger partial charge is 0.328 e. The first-order valence-electron chi connectivity index (χ1n) is 6.39. The second-order valence-electron chi connectivity index (χ2n) is 5.08. The maximum Gasteiger partial charge on any atom is 0.227 e. The number of nitrogens with one attached hydrogen (secondary N) is 1. The van der Waals surface area contributed by atoms with Crippen LogP contribution in [0.2, 0.25) is 5.02 Å². The normalized spacial score (nSPS) is 23.7. The quantitative estimate of drug-likeness (QED) is 0.864. The number of anilines is 1. The lowest BCUT2D eigenvalue weighted by atomic mass is 9.86. The molecule has 98 valence electrons. The first-order valence-corrected chi connectivity index (χ1v) is 6.76. The molecule has 0 saturated heterocycles. The third kappa shape index (κ3) is 3.24. The van der Waals surface area contributed by atoms with E-state index in [1.807, 2.05) is 25.1 Å². The van der Waals surface area contributed by atoms with Crippen LogP contribution in [0.25, 0.3) is 0 Å². The highest BCUT2D eigenvalue weighted by Gasteiger charge is 2.24. The second-order valence-corrected chi connectivity index (χ2v) is 5.49. The van der Waals surface area contributed by atoms with E-state index in [9.17, 15) is 4.79 Å². The van der Waals surface area contributed by atoms with Crippen LogP contribution < -0.4 is 11.1 Å². The Morgan fingerprint density at radius 1 is 1.33 bits per heavy atom. The van der Waals surface area contributed by atoms with Crippen LogP contribution in [0.4, 0.5) is 5.69 Å². The summed E-state index contributed by atoms with van der Waals surface area (Å²) in [6, 6.07) is 5.90. The van der Waals surface area contributed by atoms with E-state index in [1.54, 1.807) is 0 Å². The molecule has 2 rings (SSSR count). The minimum Gasteiger partial charge on any atom is -0.328 e. The van der Waals surface area contributed by atoms with E-state index in [0.29, 0.717) is 10.7 Å².